The molecular weight excluding hydrogens is 533 g/mol. The van der Waals surface area contributed by atoms with Gasteiger partial charge in [-0.2, -0.15) is 5.10 Å². The summed E-state index contributed by atoms with van der Waals surface area (Å²) in [6.07, 6.45) is 3.70. The van der Waals surface area contributed by atoms with Crippen LogP contribution in [0.1, 0.15) is 13.3 Å². The highest BCUT2D eigenvalue weighted by atomic mass is 19.1. The van der Waals surface area contributed by atoms with Gasteiger partial charge in [-0.15, -0.1) is 0 Å². The predicted molar refractivity (Wildman–Crippen MR) is 163 cm³/mol. The van der Waals surface area contributed by atoms with Gasteiger partial charge in [0.2, 0.25) is 5.91 Å². The number of pyridine rings is 2. The molecule has 42 heavy (non-hydrogen) atoms. The summed E-state index contributed by atoms with van der Waals surface area (Å²) in [5.74, 6) is 0.0457. The fourth-order valence-electron chi connectivity index (χ4n) is 4.83. The average molecular weight is 564 g/mol. The van der Waals surface area contributed by atoms with Crippen molar-refractivity contribution in [3.8, 4) is 39.5 Å². The van der Waals surface area contributed by atoms with Crippen molar-refractivity contribution >= 4 is 33.5 Å². The van der Waals surface area contributed by atoms with Gasteiger partial charge in [-0.1, -0.05) is 19.1 Å². The number of hydrogen-bond donors (Lipinski definition) is 3. The maximum Gasteiger partial charge on any atom is 0.224 e. The van der Waals surface area contributed by atoms with Gasteiger partial charge in [0.05, 0.1) is 28.8 Å². The first-order chi connectivity index (χ1) is 20.4. The monoisotopic (exact) mass is 563 g/mol. The lowest BCUT2D eigenvalue weighted by Gasteiger charge is -2.12. The second-order valence-corrected chi connectivity index (χ2v) is 10.3. The highest BCUT2D eigenvalue weighted by molar-refractivity contribution is 6.00. The van der Waals surface area contributed by atoms with E-state index in [2.05, 4.69) is 25.5 Å². The number of nitrogens with one attached hydrogen (secondary N) is 3. The molecule has 3 N–H and O–H groups in total. The maximum absolute atomic E-state index is 14.6. The van der Waals surface area contributed by atoms with Crippen molar-refractivity contribution < 1.29 is 13.9 Å². The summed E-state index contributed by atoms with van der Waals surface area (Å²) < 4.78 is 20.5. The molecular formula is C32H30FN7O2. The Bertz CT molecular complexity index is 1910. The number of rotatable bonds is 9. The molecule has 0 radical (unpaired) electrons. The highest BCUT2D eigenvalue weighted by Gasteiger charge is 2.16. The first-order valence-corrected chi connectivity index (χ1v) is 13.7. The van der Waals surface area contributed by atoms with E-state index in [4.69, 9.17) is 9.72 Å². The number of nitrogens with zero attached hydrogens (tertiary/aromatic N) is 4. The van der Waals surface area contributed by atoms with Crippen LogP contribution < -0.4 is 10.1 Å². The maximum atomic E-state index is 14.6. The summed E-state index contributed by atoms with van der Waals surface area (Å²) >= 11 is 0. The van der Waals surface area contributed by atoms with E-state index >= 15 is 0 Å². The van der Waals surface area contributed by atoms with Crippen molar-refractivity contribution in [1.82, 2.24) is 30.0 Å². The second kappa shape index (κ2) is 11.4. The van der Waals surface area contributed by atoms with Gasteiger partial charge in [0.15, 0.2) is 0 Å². The van der Waals surface area contributed by atoms with Crippen molar-refractivity contribution in [2.75, 3.05) is 32.6 Å². The summed E-state index contributed by atoms with van der Waals surface area (Å²) in [5.41, 5.74) is 7.46. The zero-order valence-electron chi connectivity index (χ0n) is 23.5. The van der Waals surface area contributed by atoms with Gasteiger partial charge < -0.3 is 19.9 Å². The number of amides is 1. The highest BCUT2D eigenvalue weighted by Crippen LogP contribution is 2.35. The van der Waals surface area contributed by atoms with Gasteiger partial charge in [-0.05, 0) is 67.7 Å². The van der Waals surface area contributed by atoms with Crippen LogP contribution in [-0.4, -0.2) is 63.2 Å². The van der Waals surface area contributed by atoms with Crippen molar-refractivity contribution in [2.45, 2.75) is 13.3 Å². The molecule has 0 aliphatic heterocycles. The molecule has 0 unspecified atom stereocenters. The SMILES string of the molecule is CCC(=O)Nc1cncc(-c2ccc3[nH]nc(-c4cc5c(-c6cc(F)cc(OCCN(C)C)c6)cccc5[nH]4)c3n2)c1. The van der Waals surface area contributed by atoms with E-state index in [0.717, 1.165) is 45.3 Å². The molecule has 0 saturated carbocycles. The molecule has 0 aliphatic rings. The number of carbonyl (C=O) groups excluding carboxylic acids is 1. The Balaban J connectivity index is 1.36. The molecule has 6 rings (SSSR count). The van der Waals surface area contributed by atoms with Crippen LogP contribution in [0.2, 0.25) is 0 Å². The van der Waals surface area contributed by atoms with Crippen LogP contribution in [0, 0.1) is 5.82 Å². The fourth-order valence-corrected chi connectivity index (χ4v) is 4.83. The second-order valence-electron chi connectivity index (χ2n) is 10.3. The lowest BCUT2D eigenvalue weighted by molar-refractivity contribution is -0.115. The number of likely N-dealkylation sites (N-methyl/N-ethyl adjacent to an activating group) is 1. The minimum absolute atomic E-state index is 0.0843. The van der Waals surface area contributed by atoms with E-state index in [0.29, 0.717) is 41.4 Å². The van der Waals surface area contributed by atoms with Crippen LogP contribution >= 0.6 is 0 Å². The van der Waals surface area contributed by atoms with Crippen molar-refractivity contribution in [3.05, 3.63) is 78.9 Å². The van der Waals surface area contributed by atoms with E-state index in [-0.39, 0.29) is 11.7 Å². The number of fused-ring (bicyclic) bond motifs is 2. The van der Waals surface area contributed by atoms with Gasteiger partial charge in [0.25, 0.3) is 0 Å². The summed E-state index contributed by atoms with van der Waals surface area (Å²) in [5, 5.41) is 11.4. The summed E-state index contributed by atoms with van der Waals surface area (Å²) in [7, 11) is 3.93. The average Bonchev–Trinajstić information content (AvgIpc) is 3.60. The van der Waals surface area contributed by atoms with E-state index in [1.165, 1.54) is 12.1 Å². The zero-order chi connectivity index (χ0) is 29.2. The molecule has 0 bridgehead atoms. The first kappa shape index (κ1) is 27.1. The number of hydrogen-bond acceptors (Lipinski definition) is 6. The van der Waals surface area contributed by atoms with Gasteiger partial charge >= 0.3 is 0 Å². The standard InChI is InChI=1S/C32H30FN7O2/c1-4-30(41)35-22-13-20(17-34-18-22)26-8-9-28-31(37-26)32(39-38-28)29-16-25-24(6-5-7-27(25)36-29)19-12-21(33)15-23(14-19)42-11-10-40(2)3/h5-9,12-18,36H,4,10-11H2,1-3H3,(H,35,41)(H,38,39). The molecule has 0 aliphatic carbocycles. The number of benzene rings is 2. The predicted octanol–water partition coefficient (Wildman–Crippen LogP) is 6.26. The Morgan fingerprint density at radius 3 is 2.74 bits per heavy atom. The van der Waals surface area contributed by atoms with E-state index in [1.54, 1.807) is 19.3 Å². The van der Waals surface area contributed by atoms with Crippen LogP contribution in [0.25, 0.3) is 55.7 Å². The Hall–Kier alpha value is -5.09. The van der Waals surface area contributed by atoms with Gasteiger partial charge in [0.1, 0.15) is 29.4 Å². The van der Waals surface area contributed by atoms with Crippen LogP contribution in [0.5, 0.6) is 5.75 Å². The molecule has 4 aromatic heterocycles. The van der Waals surface area contributed by atoms with Crippen LogP contribution in [0.4, 0.5) is 10.1 Å². The molecule has 4 heterocycles. The van der Waals surface area contributed by atoms with Gasteiger partial charge in [-0.3, -0.25) is 14.9 Å². The Morgan fingerprint density at radius 1 is 1.02 bits per heavy atom. The van der Waals surface area contributed by atoms with Gasteiger partial charge in [-0.25, -0.2) is 9.37 Å². The molecule has 10 heteroatoms. The number of carbonyl (C=O) groups is 1. The van der Waals surface area contributed by atoms with Crippen molar-refractivity contribution in [1.29, 1.82) is 0 Å². The van der Waals surface area contributed by atoms with Crippen LogP contribution in [0.3, 0.4) is 0 Å². The molecule has 0 spiro atoms. The third kappa shape index (κ3) is 5.57. The number of aromatic nitrogens is 5. The lowest BCUT2D eigenvalue weighted by atomic mass is 10.0. The number of anilines is 1. The largest absolute Gasteiger partial charge is 0.492 e. The molecule has 0 saturated heterocycles. The third-order valence-corrected chi connectivity index (χ3v) is 6.96. The van der Waals surface area contributed by atoms with E-state index < -0.39 is 0 Å². The molecule has 9 nitrogen and oxygen atoms in total. The molecule has 0 atom stereocenters. The number of ether oxygens (including phenoxy) is 1. The summed E-state index contributed by atoms with van der Waals surface area (Å²) in [6.45, 7) is 2.99. The Labute approximate surface area is 241 Å². The molecule has 0 fully saturated rings. The first-order valence-electron chi connectivity index (χ1n) is 13.7. The summed E-state index contributed by atoms with van der Waals surface area (Å²) in [4.78, 5) is 26.5. The topological polar surface area (TPSA) is 112 Å². The fraction of sp³-hybridized carbons (Fsp3) is 0.188. The molecule has 2 aromatic carbocycles. The van der Waals surface area contributed by atoms with Crippen molar-refractivity contribution in [2.24, 2.45) is 0 Å². The minimum Gasteiger partial charge on any atom is -0.492 e. The number of aromatic amines is 2. The van der Waals surface area contributed by atoms with E-state index in [9.17, 15) is 9.18 Å². The third-order valence-electron chi connectivity index (χ3n) is 6.96. The van der Waals surface area contributed by atoms with Crippen LogP contribution in [0.15, 0.2) is 73.1 Å². The molecule has 1 amide bonds. The van der Waals surface area contributed by atoms with Crippen LogP contribution in [-0.2, 0) is 4.79 Å². The smallest absolute Gasteiger partial charge is 0.224 e. The van der Waals surface area contributed by atoms with Crippen molar-refractivity contribution in [3.63, 3.8) is 0 Å². The molecule has 212 valence electrons. The molecule has 6 aromatic rings. The van der Waals surface area contributed by atoms with E-state index in [1.807, 2.05) is 67.5 Å². The number of halogens is 1. The number of H-pyrrole nitrogens is 2. The zero-order valence-corrected chi connectivity index (χ0v) is 23.5. The normalized spacial score (nSPS) is 11.5. The quantitative estimate of drug-likeness (QED) is 0.191. The summed E-state index contributed by atoms with van der Waals surface area (Å²) in [6, 6.07) is 18.3. The Morgan fingerprint density at radius 2 is 1.90 bits per heavy atom. The Kier molecular flexibility index (Phi) is 7.37. The minimum atomic E-state index is -0.358. The van der Waals surface area contributed by atoms with Gasteiger partial charge in [0, 0.05) is 41.7 Å². The lowest BCUT2D eigenvalue weighted by Crippen LogP contribution is -2.19.